The molecule has 0 saturated heterocycles. The highest BCUT2D eigenvalue weighted by molar-refractivity contribution is 9.10. The Morgan fingerprint density at radius 2 is 1.90 bits per heavy atom. The third kappa shape index (κ3) is 2.74. The molecule has 0 N–H and O–H groups in total. The van der Waals surface area contributed by atoms with E-state index >= 15 is 0 Å². The third-order valence-corrected chi connectivity index (χ3v) is 3.77. The molecule has 0 spiro atoms. The summed E-state index contributed by atoms with van der Waals surface area (Å²) < 4.78 is 29.4. The highest BCUT2D eigenvalue weighted by Gasteiger charge is 2.14. The molecule has 0 radical (unpaired) electrons. The van der Waals surface area contributed by atoms with Gasteiger partial charge in [-0.3, -0.25) is 4.79 Å². The zero-order valence-electron chi connectivity index (χ0n) is 10.8. The lowest BCUT2D eigenvalue weighted by Crippen LogP contribution is -2.11. The van der Waals surface area contributed by atoms with Gasteiger partial charge in [0.05, 0.1) is 12.1 Å². The second-order valence-corrected chi connectivity index (χ2v) is 5.61. The van der Waals surface area contributed by atoms with E-state index in [9.17, 15) is 13.6 Å². The van der Waals surface area contributed by atoms with Crippen molar-refractivity contribution in [1.82, 2.24) is 4.57 Å². The molecule has 0 aliphatic rings. The van der Waals surface area contributed by atoms with Crippen LogP contribution < -0.4 is 0 Å². The third-order valence-electron chi connectivity index (χ3n) is 3.28. The molecule has 1 heterocycles. The highest BCUT2D eigenvalue weighted by Crippen LogP contribution is 2.21. The van der Waals surface area contributed by atoms with Crippen molar-refractivity contribution in [2.24, 2.45) is 0 Å². The van der Waals surface area contributed by atoms with Gasteiger partial charge in [-0.25, -0.2) is 8.78 Å². The maximum atomic E-state index is 13.6. The number of fused-ring (bicyclic) bond motifs is 1. The van der Waals surface area contributed by atoms with E-state index < -0.39 is 17.4 Å². The second-order valence-electron chi connectivity index (χ2n) is 4.69. The predicted molar refractivity (Wildman–Crippen MR) is 80.3 cm³/mol. The number of ketones is 1. The van der Waals surface area contributed by atoms with Gasteiger partial charge < -0.3 is 4.57 Å². The van der Waals surface area contributed by atoms with E-state index in [0.29, 0.717) is 0 Å². The molecular formula is C16H10BrF2NO. The summed E-state index contributed by atoms with van der Waals surface area (Å²) in [6, 6.07) is 10.5. The van der Waals surface area contributed by atoms with E-state index in [0.717, 1.165) is 33.6 Å². The van der Waals surface area contributed by atoms with Crippen LogP contribution in [0.3, 0.4) is 0 Å². The number of benzene rings is 2. The maximum Gasteiger partial charge on any atom is 0.185 e. The number of hydrogen-bond acceptors (Lipinski definition) is 1. The molecule has 106 valence electrons. The summed E-state index contributed by atoms with van der Waals surface area (Å²) >= 11 is 3.38. The average molecular weight is 350 g/mol. The summed E-state index contributed by atoms with van der Waals surface area (Å²) in [7, 11) is 0. The molecule has 0 aliphatic carbocycles. The molecular weight excluding hydrogens is 340 g/mol. The first-order valence-corrected chi connectivity index (χ1v) is 7.06. The Morgan fingerprint density at radius 1 is 1.10 bits per heavy atom. The first-order valence-electron chi connectivity index (χ1n) is 6.27. The molecule has 0 amide bonds. The molecule has 2 nitrogen and oxygen atoms in total. The van der Waals surface area contributed by atoms with E-state index in [1.807, 2.05) is 24.3 Å². The lowest BCUT2D eigenvalue weighted by Gasteiger charge is -2.06. The Morgan fingerprint density at radius 3 is 2.71 bits per heavy atom. The van der Waals surface area contributed by atoms with Crippen molar-refractivity contribution in [3.63, 3.8) is 0 Å². The standard InChI is InChI=1S/C16H10BrF2NO/c17-11-2-1-10-5-6-20(15(10)7-11)9-16(21)13-8-12(18)3-4-14(13)19/h1-8H,9H2. The molecule has 0 unspecified atom stereocenters. The Balaban J connectivity index is 1.96. The lowest BCUT2D eigenvalue weighted by atomic mass is 10.1. The zero-order chi connectivity index (χ0) is 15.0. The summed E-state index contributed by atoms with van der Waals surface area (Å²) in [5, 5.41) is 0.978. The van der Waals surface area contributed by atoms with E-state index in [2.05, 4.69) is 15.9 Å². The van der Waals surface area contributed by atoms with Gasteiger partial charge in [-0.05, 0) is 41.8 Å². The Labute approximate surface area is 128 Å². The van der Waals surface area contributed by atoms with Crippen molar-refractivity contribution in [3.05, 3.63) is 70.3 Å². The Kier molecular flexibility index (Phi) is 3.59. The molecule has 1 aromatic heterocycles. The van der Waals surface area contributed by atoms with E-state index in [1.54, 1.807) is 10.8 Å². The van der Waals surface area contributed by atoms with Crippen molar-refractivity contribution >= 4 is 32.6 Å². The van der Waals surface area contributed by atoms with Crippen molar-refractivity contribution in [2.75, 3.05) is 0 Å². The fraction of sp³-hybridized carbons (Fsp3) is 0.0625. The van der Waals surface area contributed by atoms with E-state index in [1.165, 1.54) is 0 Å². The van der Waals surface area contributed by atoms with Gasteiger partial charge in [0.15, 0.2) is 5.78 Å². The van der Waals surface area contributed by atoms with Crippen LogP contribution in [-0.4, -0.2) is 10.4 Å². The normalized spacial score (nSPS) is 11.0. The molecule has 3 rings (SSSR count). The van der Waals surface area contributed by atoms with Gasteiger partial charge in [0, 0.05) is 16.2 Å². The first kappa shape index (κ1) is 13.9. The van der Waals surface area contributed by atoms with Crippen LogP contribution >= 0.6 is 15.9 Å². The van der Waals surface area contributed by atoms with Gasteiger partial charge in [0.25, 0.3) is 0 Å². The number of hydrogen-bond donors (Lipinski definition) is 0. The van der Waals surface area contributed by atoms with Crippen LogP contribution in [0.5, 0.6) is 0 Å². The van der Waals surface area contributed by atoms with Crippen molar-refractivity contribution in [1.29, 1.82) is 0 Å². The van der Waals surface area contributed by atoms with E-state index in [-0.39, 0.29) is 12.1 Å². The molecule has 2 aromatic carbocycles. The minimum atomic E-state index is -0.709. The van der Waals surface area contributed by atoms with Crippen LogP contribution in [-0.2, 0) is 6.54 Å². The molecule has 0 atom stereocenters. The van der Waals surface area contributed by atoms with Crippen LogP contribution in [0, 0.1) is 11.6 Å². The number of rotatable bonds is 3. The maximum absolute atomic E-state index is 13.6. The molecule has 5 heteroatoms. The summed E-state index contributed by atoms with van der Waals surface area (Å²) in [6.45, 7) is -0.0413. The van der Waals surface area contributed by atoms with Crippen molar-refractivity contribution in [2.45, 2.75) is 6.54 Å². The second kappa shape index (κ2) is 5.41. The number of carbonyl (C=O) groups is 1. The van der Waals surface area contributed by atoms with Crippen molar-refractivity contribution < 1.29 is 13.6 Å². The molecule has 21 heavy (non-hydrogen) atoms. The number of nitrogens with zero attached hydrogens (tertiary/aromatic N) is 1. The lowest BCUT2D eigenvalue weighted by molar-refractivity contribution is 0.0969. The number of aromatic nitrogens is 1. The van der Waals surface area contributed by atoms with Crippen LogP contribution in [0.25, 0.3) is 10.9 Å². The predicted octanol–water partition coefficient (Wildman–Crippen LogP) is 4.56. The van der Waals surface area contributed by atoms with Gasteiger partial charge >= 0.3 is 0 Å². The quantitative estimate of drug-likeness (QED) is 0.635. The fourth-order valence-electron chi connectivity index (χ4n) is 2.25. The summed E-state index contributed by atoms with van der Waals surface area (Å²) in [5.41, 5.74) is 0.626. The largest absolute Gasteiger partial charge is 0.340 e. The average Bonchev–Trinajstić information content (AvgIpc) is 2.84. The number of halogens is 3. The zero-order valence-corrected chi connectivity index (χ0v) is 12.4. The number of carbonyl (C=O) groups excluding carboxylic acids is 1. The van der Waals surface area contributed by atoms with Gasteiger partial charge in [-0.1, -0.05) is 22.0 Å². The Hall–Kier alpha value is -2.01. The van der Waals surface area contributed by atoms with Crippen LogP contribution in [0.15, 0.2) is 53.1 Å². The fourth-order valence-corrected chi connectivity index (χ4v) is 2.60. The van der Waals surface area contributed by atoms with Gasteiger partial charge in [0.2, 0.25) is 0 Å². The minimum absolute atomic E-state index is 0.0413. The van der Waals surface area contributed by atoms with Crippen LogP contribution in [0.1, 0.15) is 10.4 Å². The number of Topliss-reactive ketones (excluding diaryl/α,β-unsaturated/α-hetero) is 1. The monoisotopic (exact) mass is 349 g/mol. The molecule has 3 aromatic rings. The summed E-state index contributed by atoms with van der Waals surface area (Å²) in [5.74, 6) is -1.80. The molecule has 0 bridgehead atoms. The molecule has 0 saturated carbocycles. The molecule has 0 aliphatic heterocycles. The van der Waals surface area contributed by atoms with Gasteiger partial charge in [-0.15, -0.1) is 0 Å². The minimum Gasteiger partial charge on any atom is -0.340 e. The first-order chi connectivity index (χ1) is 10.0. The van der Waals surface area contributed by atoms with Gasteiger partial charge in [0.1, 0.15) is 11.6 Å². The Bertz CT molecular complexity index is 841. The van der Waals surface area contributed by atoms with Crippen LogP contribution in [0.2, 0.25) is 0 Å². The van der Waals surface area contributed by atoms with E-state index in [4.69, 9.17) is 0 Å². The van der Waals surface area contributed by atoms with Crippen LogP contribution in [0.4, 0.5) is 8.78 Å². The van der Waals surface area contributed by atoms with Gasteiger partial charge in [-0.2, -0.15) is 0 Å². The smallest absolute Gasteiger partial charge is 0.185 e. The topological polar surface area (TPSA) is 22.0 Å². The van der Waals surface area contributed by atoms with Crippen molar-refractivity contribution in [3.8, 4) is 0 Å². The highest BCUT2D eigenvalue weighted by atomic mass is 79.9. The molecule has 0 fully saturated rings. The summed E-state index contributed by atoms with van der Waals surface area (Å²) in [6.07, 6.45) is 1.76. The summed E-state index contributed by atoms with van der Waals surface area (Å²) in [4.78, 5) is 12.2. The SMILES string of the molecule is O=C(Cn1ccc2ccc(Br)cc21)c1cc(F)ccc1F.